The number of carbonyl (C=O) groups is 2. The van der Waals surface area contributed by atoms with Crippen molar-refractivity contribution in [2.75, 3.05) is 19.6 Å². The van der Waals surface area contributed by atoms with Crippen molar-refractivity contribution in [3.63, 3.8) is 0 Å². The highest BCUT2D eigenvalue weighted by Gasteiger charge is 2.45. The summed E-state index contributed by atoms with van der Waals surface area (Å²) in [5.41, 5.74) is 0.156. The molecule has 17 heavy (non-hydrogen) atoms. The number of rotatable bonds is 1. The van der Waals surface area contributed by atoms with E-state index in [0.29, 0.717) is 24.2 Å². The number of hydrogen-bond donors (Lipinski definition) is 1. The molecular formula is C13H20N2O2. The van der Waals surface area contributed by atoms with Crippen LogP contribution in [-0.2, 0) is 9.59 Å². The number of likely N-dealkylation sites (tertiary alicyclic amines) is 1. The molecule has 3 fully saturated rings. The lowest BCUT2D eigenvalue weighted by Gasteiger charge is -2.38. The summed E-state index contributed by atoms with van der Waals surface area (Å²) in [6, 6.07) is 0. The minimum absolute atomic E-state index is 0.156. The fourth-order valence-electron chi connectivity index (χ4n) is 3.21. The number of carbonyl (C=O) groups excluding carboxylic acids is 2. The molecule has 1 aliphatic carbocycles. The largest absolute Gasteiger partial charge is 0.356 e. The molecule has 4 heteroatoms. The normalized spacial score (nSPS) is 34.9. The van der Waals surface area contributed by atoms with Gasteiger partial charge in [0, 0.05) is 32.0 Å². The second kappa shape index (κ2) is 3.72. The number of hydrogen-bond acceptors (Lipinski definition) is 2. The molecule has 3 aliphatic rings. The third-order valence-corrected chi connectivity index (χ3v) is 4.76. The third-order valence-electron chi connectivity index (χ3n) is 4.76. The Morgan fingerprint density at radius 3 is 2.53 bits per heavy atom. The van der Waals surface area contributed by atoms with Crippen LogP contribution < -0.4 is 5.32 Å². The average Bonchev–Trinajstić information content (AvgIpc) is 2.94. The van der Waals surface area contributed by atoms with E-state index in [-0.39, 0.29) is 11.3 Å². The van der Waals surface area contributed by atoms with Crippen LogP contribution in [0.4, 0.5) is 0 Å². The quantitative estimate of drug-likeness (QED) is 0.731. The lowest BCUT2D eigenvalue weighted by Crippen LogP contribution is -2.44. The van der Waals surface area contributed by atoms with Crippen molar-refractivity contribution in [3.8, 4) is 0 Å². The predicted octanol–water partition coefficient (Wildman–Crippen LogP) is 0.771. The van der Waals surface area contributed by atoms with Gasteiger partial charge >= 0.3 is 0 Å². The van der Waals surface area contributed by atoms with Gasteiger partial charge in [-0.15, -0.1) is 0 Å². The minimum atomic E-state index is 0.156. The summed E-state index contributed by atoms with van der Waals surface area (Å²) in [4.78, 5) is 25.4. The smallest absolute Gasteiger partial charge is 0.225 e. The van der Waals surface area contributed by atoms with Gasteiger partial charge < -0.3 is 10.2 Å². The van der Waals surface area contributed by atoms with Crippen molar-refractivity contribution < 1.29 is 9.59 Å². The molecule has 1 spiro atoms. The SMILES string of the molecule is CC1CC1C(=O)N1CCC2(CC1)CNC(=O)C2. The lowest BCUT2D eigenvalue weighted by atomic mass is 9.77. The molecule has 2 aliphatic heterocycles. The molecule has 0 radical (unpaired) electrons. The molecule has 2 atom stereocenters. The first-order chi connectivity index (χ1) is 8.10. The van der Waals surface area contributed by atoms with Crippen molar-refractivity contribution >= 4 is 11.8 Å². The Morgan fingerprint density at radius 1 is 1.41 bits per heavy atom. The van der Waals surface area contributed by atoms with Gasteiger partial charge in [-0.1, -0.05) is 6.92 Å². The van der Waals surface area contributed by atoms with Gasteiger partial charge in [-0.05, 0) is 30.6 Å². The molecule has 94 valence electrons. The Balaban J connectivity index is 1.57. The molecule has 4 nitrogen and oxygen atoms in total. The van der Waals surface area contributed by atoms with Gasteiger partial charge in [0.2, 0.25) is 11.8 Å². The summed E-state index contributed by atoms with van der Waals surface area (Å²) in [5.74, 6) is 1.42. The van der Waals surface area contributed by atoms with Gasteiger partial charge in [-0.3, -0.25) is 9.59 Å². The summed E-state index contributed by atoms with van der Waals surface area (Å²) in [5, 5.41) is 2.92. The van der Waals surface area contributed by atoms with Crippen molar-refractivity contribution in [2.45, 2.75) is 32.6 Å². The van der Waals surface area contributed by atoms with Crippen LogP contribution in [-0.4, -0.2) is 36.3 Å². The zero-order valence-corrected chi connectivity index (χ0v) is 10.4. The minimum Gasteiger partial charge on any atom is -0.356 e. The van der Waals surface area contributed by atoms with E-state index in [0.717, 1.165) is 38.9 Å². The first-order valence-corrected chi connectivity index (χ1v) is 6.65. The molecule has 0 aromatic rings. The maximum absolute atomic E-state index is 12.1. The van der Waals surface area contributed by atoms with E-state index in [1.165, 1.54) is 0 Å². The molecular weight excluding hydrogens is 216 g/mol. The van der Waals surface area contributed by atoms with Crippen LogP contribution in [0.1, 0.15) is 32.6 Å². The molecule has 0 aromatic heterocycles. The Morgan fingerprint density at radius 2 is 2.06 bits per heavy atom. The molecule has 0 bridgehead atoms. The van der Waals surface area contributed by atoms with Crippen molar-refractivity contribution in [2.24, 2.45) is 17.3 Å². The second-order valence-corrected chi connectivity index (χ2v) is 6.10. The second-order valence-electron chi connectivity index (χ2n) is 6.10. The first-order valence-electron chi connectivity index (χ1n) is 6.65. The Hall–Kier alpha value is -1.06. The zero-order valence-electron chi connectivity index (χ0n) is 10.4. The maximum Gasteiger partial charge on any atom is 0.225 e. The van der Waals surface area contributed by atoms with E-state index in [1.807, 2.05) is 4.90 Å². The summed E-state index contributed by atoms with van der Waals surface area (Å²) in [7, 11) is 0. The van der Waals surface area contributed by atoms with Crippen molar-refractivity contribution in [1.29, 1.82) is 0 Å². The summed E-state index contributed by atoms with van der Waals surface area (Å²) in [6.07, 6.45) is 3.70. The van der Waals surface area contributed by atoms with Gasteiger partial charge in [-0.25, -0.2) is 0 Å². The Labute approximate surface area is 102 Å². The highest BCUT2D eigenvalue weighted by Crippen LogP contribution is 2.42. The van der Waals surface area contributed by atoms with Crippen LogP contribution in [0.5, 0.6) is 0 Å². The molecule has 3 rings (SSSR count). The van der Waals surface area contributed by atoms with Gasteiger partial charge in [-0.2, -0.15) is 0 Å². The predicted molar refractivity (Wildman–Crippen MR) is 63.1 cm³/mol. The third kappa shape index (κ3) is 1.94. The Kier molecular flexibility index (Phi) is 2.42. The number of nitrogens with zero attached hydrogens (tertiary/aromatic N) is 1. The highest BCUT2D eigenvalue weighted by atomic mass is 16.2. The van der Waals surface area contributed by atoms with Crippen molar-refractivity contribution in [3.05, 3.63) is 0 Å². The average molecular weight is 236 g/mol. The van der Waals surface area contributed by atoms with E-state index in [4.69, 9.17) is 0 Å². The van der Waals surface area contributed by atoms with Crippen LogP contribution in [0.3, 0.4) is 0 Å². The van der Waals surface area contributed by atoms with Gasteiger partial charge in [0.25, 0.3) is 0 Å². The summed E-state index contributed by atoms with van der Waals surface area (Å²) >= 11 is 0. The van der Waals surface area contributed by atoms with Gasteiger partial charge in [0.15, 0.2) is 0 Å². The number of piperidine rings is 1. The molecule has 2 unspecified atom stereocenters. The standard InChI is InChI=1S/C13H20N2O2/c1-9-6-10(9)12(17)15-4-2-13(3-5-15)7-11(16)14-8-13/h9-10H,2-8H2,1H3,(H,14,16). The lowest BCUT2D eigenvalue weighted by molar-refractivity contribution is -0.135. The first kappa shape index (κ1) is 11.1. The van der Waals surface area contributed by atoms with Crippen LogP contribution in [0, 0.1) is 17.3 Å². The summed E-state index contributed by atoms with van der Waals surface area (Å²) < 4.78 is 0. The molecule has 1 saturated carbocycles. The van der Waals surface area contributed by atoms with E-state index in [9.17, 15) is 9.59 Å². The number of amides is 2. The van der Waals surface area contributed by atoms with Crippen LogP contribution in [0.2, 0.25) is 0 Å². The fourth-order valence-corrected chi connectivity index (χ4v) is 3.21. The van der Waals surface area contributed by atoms with Crippen molar-refractivity contribution in [1.82, 2.24) is 10.2 Å². The highest BCUT2D eigenvalue weighted by molar-refractivity contribution is 5.82. The van der Waals surface area contributed by atoms with Crippen LogP contribution in [0.25, 0.3) is 0 Å². The van der Waals surface area contributed by atoms with Crippen LogP contribution >= 0.6 is 0 Å². The van der Waals surface area contributed by atoms with Crippen LogP contribution in [0.15, 0.2) is 0 Å². The molecule has 2 heterocycles. The van der Waals surface area contributed by atoms with E-state index in [2.05, 4.69) is 12.2 Å². The van der Waals surface area contributed by atoms with Gasteiger partial charge in [0.1, 0.15) is 0 Å². The number of nitrogens with one attached hydrogen (secondary N) is 1. The maximum atomic E-state index is 12.1. The monoisotopic (exact) mass is 236 g/mol. The van der Waals surface area contributed by atoms with Gasteiger partial charge in [0.05, 0.1) is 0 Å². The molecule has 1 N–H and O–H groups in total. The van der Waals surface area contributed by atoms with E-state index < -0.39 is 0 Å². The van der Waals surface area contributed by atoms with E-state index >= 15 is 0 Å². The van der Waals surface area contributed by atoms with E-state index in [1.54, 1.807) is 0 Å². The summed E-state index contributed by atoms with van der Waals surface area (Å²) in [6.45, 7) is 4.65. The molecule has 2 saturated heterocycles. The fraction of sp³-hybridized carbons (Fsp3) is 0.846. The topological polar surface area (TPSA) is 49.4 Å². The Bertz CT molecular complexity index is 358. The zero-order chi connectivity index (χ0) is 12.0. The molecule has 2 amide bonds. The molecule has 0 aromatic carbocycles.